The van der Waals surface area contributed by atoms with Gasteiger partial charge in [0.05, 0.1) is 27.6 Å². The van der Waals surface area contributed by atoms with E-state index in [1.165, 1.54) is 54.4 Å². The summed E-state index contributed by atoms with van der Waals surface area (Å²) < 4.78 is 11.4. The molecule has 0 saturated carbocycles. The maximum atomic E-state index is 6.69. The quantitative estimate of drug-likeness (QED) is 0.191. The van der Waals surface area contributed by atoms with Crippen molar-refractivity contribution in [1.29, 1.82) is 0 Å². The van der Waals surface area contributed by atoms with Crippen LogP contribution in [0.5, 0.6) is 0 Å². The van der Waals surface area contributed by atoms with E-state index in [0.29, 0.717) is 11.4 Å². The fourth-order valence-corrected chi connectivity index (χ4v) is 8.49. The molecule has 12 rings (SSSR count). The third kappa shape index (κ3) is 3.54. The normalized spacial score (nSPS) is 12.3. The molecule has 5 heteroatoms. The van der Waals surface area contributed by atoms with Crippen LogP contribution in [0.1, 0.15) is 0 Å². The Labute approximate surface area is 290 Å². The topological polar surface area (TPSA) is 48.3 Å². The smallest absolute Gasteiger partial charge is 0.197 e. The Morgan fingerprint density at radius 1 is 0.431 bits per heavy atom. The average molecular weight is 651 g/mol. The van der Waals surface area contributed by atoms with Gasteiger partial charge in [-0.25, -0.2) is 9.97 Å². The lowest BCUT2D eigenvalue weighted by Gasteiger charge is -2.11. The second-order valence-corrected chi connectivity index (χ2v) is 13.4. The van der Waals surface area contributed by atoms with E-state index < -0.39 is 0 Å². The van der Waals surface area contributed by atoms with Crippen molar-refractivity contribution in [3.63, 3.8) is 0 Å². The summed E-state index contributed by atoms with van der Waals surface area (Å²) in [4.78, 5) is 10.6. The van der Waals surface area contributed by atoms with Crippen LogP contribution in [0.25, 0.3) is 110 Å². The second kappa shape index (κ2) is 9.80. The van der Waals surface area contributed by atoms with E-state index in [9.17, 15) is 0 Å². The Kier molecular flexibility index (Phi) is 5.17. The maximum absolute atomic E-state index is 6.69. The SMILES string of the molecule is c1ccc(-c2ccc(-c3nc(-n4c5ccccc5c5c6c7ccccc7n7c8ccccc8c(cc54)c67)c4oc5ccccc5c4n3)cc2)cc1. The number of para-hydroxylation sites is 4. The fraction of sp³-hybridized carbons (Fsp3) is 0. The molecule has 0 N–H and O–H groups in total. The predicted octanol–water partition coefficient (Wildman–Crippen LogP) is 12.0. The Bertz CT molecular complexity index is 3350. The number of fused-ring (bicyclic) bond motifs is 13. The molecule has 0 saturated heterocycles. The van der Waals surface area contributed by atoms with Gasteiger partial charge in [0, 0.05) is 43.3 Å². The van der Waals surface area contributed by atoms with E-state index >= 15 is 0 Å². The van der Waals surface area contributed by atoms with Crippen LogP contribution in [0.2, 0.25) is 0 Å². The zero-order valence-electron chi connectivity index (χ0n) is 27.2. The van der Waals surface area contributed by atoms with Gasteiger partial charge in [0.25, 0.3) is 0 Å². The molecule has 0 aliphatic carbocycles. The van der Waals surface area contributed by atoms with Gasteiger partial charge in [-0.2, -0.15) is 0 Å². The second-order valence-electron chi connectivity index (χ2n) is 13.4. The van der Waals surface area contributed by atoms with Crippen molar-refractivity contribution in [2.75, 3.05) is 0 Å². The summed E-state index contributed by atoms with van der Waals surface area (Å²) in [6.07, 6.45) is 0. The van der Waals surface area contributed by atoms with Gasteiger partial charge in [0.2, 0.25) is 0 Å². The van der Waals surface area contributed by atoms with E-state index in [1.54, 1.807) is 0 Å². The van der Waals surface area contributed by atoms with Crippen molar-refractivity contribution in [2.45, 2.75) is 0 Å². The van der Waals surface area contributed by atoms with Crippen LogP contribution >= 0.6 is 0 Å². The molecule has 0 aliphatic heterocycles. The Balaban J connectivity index is 1.24. The van der Waals surface area contributed by atoms with E-state index in [4.69, 9.17) is 14.4 Å². The van der Waals surface area contributed by atoms with Crippen LogP contribution in [0.15, 0.2) is 162 Å². The highest BCUT2D eigenvalue weighted by atomic mass is 16.3. The summed E-state index contributed by atoms with van der Waals surface area (Å²) in [6, 6.07) is 55.7. The molecule has 5 heterocycles. The largest absolute Gasteiger partial charge is 0.450 e. The number of aromatic nitrogens is 4. The first-order valence-corrected chi connectivity index (χ1v) is 17.3. The summed E-state index contributed by atoms with van der Waals surface area (Å²) in [7, 11) is 0. The van der Waals surface area contributed by atoms with Crippen molar-refractivity contribution in [3.8, 4) is 28.3 Å². The molecular weight excluding hydrogens is 625 g/mol. The predicted molar refractivity (Wildman–Crippen MR) is 209 cm³/mol. The summed E-state index contributed by atoms with van der Waals surface area (Å²) in [6.45, 7) is 0. The minimum absolute atomic E-state index is 0.655. The zero-order valence-corrected chi connectivity index (χ0v) is 27.2. The molecule has 0 amide bonds. The summed E-state index contributed by atoms with van der Waals surface area (Å²) in [5, 5.41) is 8.32. The Hall–Kier alpha value is -6.98. The van der Waals surface area contributed by atoms with E-state index in [1.807, 2.05) is 24.3 Å². The Morgan fingerprint density at radius 2 is 1.02 bits per heavy atom. The van der Waals surface area contributed by atoms with Crippen LogP contribution in [-0.4, -0.2) is 18.9 Å². The zero-order chi connectivity index (χ0) is 33.2. The van der Waals surface area contributed by atoms with Crippen LogP contribution in [0, 0.1) is 0 Å². The maximum Gasteiger partial charge on any atom is 0.197 e. The average Bonchev–Trinajstić information content (AvgIpc) is 3.93. The molecule has 5 aromatic heterocycles. The van der Waals surface area contributed by atoms with Gasteiger partial charge in [-0.15, -0.1) is 0 Å². The van der Waals surface area contributed by atoms with Crippen molar-refractivity contribution in [3.05, 3.63) is 158 Å². The van der Waals surface area contributed by atoms with Crippen molar-refractivity contribution in [2.24, 2.45) is 0 Å². The van der Waals surface area contributed by atoms with Crippen LogP contribution in [0.3, 0.4) is 0 Å². The molecule has 0 radical (unpaired) electrons. The van der Waals surface area contributed by atoms with Gasteiger partial charge in [0.15, 0.2) is 17.2 Å². The molecule has 0 atom stereocenters. The molecule has 12 aromatic rings. The van der Waals surface area contributed by atoms with Gasteiger partial charge < -0.3 is 8.82 Å². The van der Waals surface area contributed by atoms with Crippen molar-refractivity contribution >= 4 is 82.0 Å². The van der Waals surface area contributed by atoms with Crippen molar-refractivity contribution < 1.29 is 4.42 Å². The highest BCUT2D eigenvalue weighted by Gasteiger charge is 2.26. The number of hydrogen-bond acceptors (Lipinski definition) is 3. The van der Waals surface area contributed by atoms with Crippen LogP contribution < -0.4 is 0 Å². The molecular formula is C46H26N4O. The minimum atomic E-state index is 0.655. The molecule has 0 unspecified atom stereocenters. The molecule has 236 valence electrons. The highest BCUT2D eigenvalue weighted by molar-refractivity contribution is 6.35. The minimum Gasteiger partial charge on any atom is -0.450 e. The molecule has 7 aromatic carbocycles. The van der Waals surface area contributed by atoms with Gasteiger partial charge in [-0.1, -0.05) is 121 Å². The third-order valence-corrected chi connectivity index (χ3v) is 10.7. The molecule has 0 aliphatic rings. The number of benzene rings is 7. The van der Waals surface area contributed by atoms with E-state index in [0.717, 1.165) is 44.5 Å². The lowest BCUT2D eigenvalue weighted by Crippen LogP contribution is -2.01. The van der Waals surface area contributed by atoms with Gasteiger partial charge >= 0.3 is 0 Å². The van der Waals surface area contributed by atoms with Crippen LogP contribution in [-0.2, 0) is 0 Å². The number of nitrogens with zero attached hydrogens (tertiary/aromatic N) is 4. The Morgan fingerprint density at radius 3 is 1.80 bits per heavy atom. The molecule has 5 nitrogen and oxygen atoms in total. The molecule has 0 bridgehead atoms. The first-order valence-electron chi connectivity index (χ1n) is 17.3. The molecule has 0 spiro atoms. The molecule has 0 fully saturated rings. The van der Waals surface area contributed by atoms with Crippen LogP contribution in [0.4, 0.5) is 0 Å². The van der Waals surface area contributed by atoms with E-state index in [-0.39, 0.29) is 0 Å². The van der Waals surface area contributed by atoms with Gasteiger partial charge in [-0.05, 0) is 47.5 Å². The summed E-state index contributed by atoms with van der Waals surface area (Å²) >= 11 is 0. The van der Waals surface area contributed by atoms with Gasteiger partial charge in [-0.3, -0.25) is 4.57 Å². The molecule has 51 heavy (non-hydrogen) atoms. The summed E-state index contributed by atoms with van der Waals surface area (Å²) in [5.74, 6) is 1.38. The van der Waals surface area contributed by atoms with Gasteiger partial charge in [0.1, 0.15) is 11.1 Å². The first-order chi connectivity index (χ1) is 25.3. The standard InChI is InChI=1S/C46H26N4O/c1-2-12-27(13-3-1)28-22-24-29(25-23-28)45-47-42-33-17-7-11-21-39(33)51-44(42)46(48-45)50-37-20-10-5-15-31(37)40-38(50)26-34-30-14-4-8-18-35(30)49-36-19-9-6-16-32(36)41(40)43(34)49/h1-26H. The van der Waals surface area contributed by atoms with E-state index in [2.05, 4.69) is 142 Å². The first kappa shape index (κ1) is 26.9. The number of hydrogen-bond donors (Lipinski definition) is 0. The lowest BCUT2D eigenvalue weighted by molar-refractivity contribution is 0.662. The number of furan rings is 1. The number of rotatable bonds is 3. The monoisotopic (exact) mass is 650 g/mol. The highest BCUT2D eigenvalue weighted by Crippen LogP contribution is 2.47. The fourth-order valence-electron chi connectivity index (χ4n) is 8.49. The summed E-state index contributed by atoms with van der Waals surface area (Å²) in [5.41, 5.74) is 11.4. The van der Waals surface area contributed by atoms with Crippen molar-refractivity contribution in [1.82, 2.24) is 18.9 Å². The third-order valence-electron chi connectivity index (χ3n) is 10.7. The lowest BCUT2D eigenvalue weighted by atomic mass is 10.0.